The van der Waals surface area contributed by atoms with E-state index in [4.69, 9.17) is 4.42 Å². The highest BCUT2D eigenvalue weighted by molar-refractivity contribution is 5.89. The molecule has 1 N–H and O–H groups in total. The summed E-state index contributed by atoms with van der Waals surface area (Å²) in [5, 5.41) is 9.51. The van der Waals surface area contributed by atoms with E-state index >= 15 is 0 Å². The van der Waals surface area contributed by atoms with Crippen LogP contribution >= 0.6 is 0 Å². The van der Waals surface area contributed by atoms with Gasteiger partial charge in [-0.25, -0.2) is 4.98 Å². The molecule has 0 amide bonds. The summed E-state index contributed by atoms with van der Waals surface area (Å²) in [4.78, 5) is 12.2. The van der Waals surface area contributed by atoms with Gasteiger partial charge in [-0.05, 0) is 25.2 Å². The SMILES string of the molecule is CN1CCN(c2ccc(/C=C(\C#N)c3nc4ccccc4[nH]3)o2)CC1. The van der Waals surface area contributed by atoms with Gasteiger partial charge in [0.15, 0.2) is 5.88 Å². The van der Waals surface area contributed by atoms with Crippen molar-refractivity contribution in [1.29, 1.82) is 5.26 Å². The number of nitriles is 1. The largest absolute Gasteiger partial charge is 0.441 e. The normalized spacial score (nSPS) is 16.3. The standard InChI is InChI=1S/C19H19N5O/c1-23-8-10-24(11-9-23)18-7-6-15(25-18)12-14(13-20)19-21-16-4-2-3-5-17(16)22-19/h2-7,12H,8-11H2,1H3,(H,21,22)/b14-12+. The summed E-state index contributed by atoms with van der Waals surface area (Å²) < 4.78 is 5.92. The van der Waals surface area contributed by atoms with Gasteiger partial charge < -0.3 is 19.2 Å². The molecule has 0 radical (unpaired) electrons. The minimum Gasteiger partial charge on any atom is -0.441 e. The van der Waals surface area contributed by atoms with E-state index < -0.39 is 0 Å². The Morgan fingerprint density at radius 1 is 1.20 bits per heavy atom. The van der Waals surface area contributed by atoms with Crippen molar-refractivity contribution in [3.05, 3.63) is 48.0 Å². The van der Waals surface area contributed by atoms with Crippen molar-refractivity contribution in [3.63, 3.8) is 0 Å². The number of para-hydroxylation sites is 2. The Balaban J connectivity index is 1.59. The van der Waals surface area contributed by atoms with E-state index in [2.05, 4.69) is 32.9 Å². The van der Waals surface area contributed by atoms with Gasteiger partial charge in [0, 0.05) is 38.3 Å². The van der Waals surface area contributed by atoms with Crippen LogP contribution in [0.3, 0.4) is 0 Å². The topological polar surface area (TPSA) is 72.1 Å². The smallest absolute Gasteiger partial charge is 0.196 e. The number of hydrogen-bond acceptors (Lipinski definition) is 5. The lowest BCUT2D eigenvalue weighted by Gasteiger charge is -2.32. The summed E-state index contributed by atoms with van der Waals surface area (Å²) in [6.45, 7) is 3.94. The van der Waals surface area contributed by atoms with Gasteiger partial charge >= 0.3 is 0 Å². The number of rotatable bonds is 3. The fourth-order valence-corrected chi connectivity index (χ4v) is 2.99. The van der Waals surface area contributed by atoms with E-state index in [9.17, 15) is 5.26 Å². The Labute approximate surface area is 146 Å². The molecule has 1 aliphatic heterocycles. The molecule has 0 aliphatic carbocycles. The molecular formula is C19H19N5O. The fourth-order valence-electron chi connectivity index (χ4n) is 2.99. The molecule has 4 rings (SSSR count). The van der Waals surface area contributed by atoms with Crippen molar-refractivity contribution in [3.8, 4) is 6.07 Å². The van der Waals surface area contributed by atoms with Crippen molar-refractivity contribution in [1.82, 2.24) is 14.9 Å². The average molecular weight is 333 g/mol. The number of fused-ring (bicyclic) bond motifs is 1. The molecule has 25 heavy (non-hydrogen) atoms. The van der Waals surface area contributed by atoms with Crippen molar-refractivity contribution in [2.24, 2.45) is 0 Å². The predicted molar refractivity (Wildman–Crippen MR) is 98.0 cm³/mol. The van der Waals surface area contributed by atoms with Crippen LogP contribution in [0.2, 0.25) is 0 Å². The third kappa shape index (κ3) is 3.14. The first-order valence-corrected chi connectivity index (χ1v) is 8.33. The maximum atomic E-state index is 9.51. The van der Waals surface area contributed by atoms with Gasteiger partial charge in [0.2, 0.25) is 0 Å². The van der Waals surface area contributed by atoms with Crippen LogP contribution in [0.5, 0.6) is 0 Å². The monoisotopic (exact) mass is 333 g/mol. The lowest BCUT2D eigenvalue weighted by Crippen LogP contribution is -2.44. The molecule has 1 saturated heterocycles. The number of likely N-dealkylation sites (N-methyl/N-ethyl adjacent to an activating group) is 1. The van der Waals surface area contributed by atoms with Gasteiger partial charge in [-0.2, -0.15) is 5.26 Å². The Bertz CT molecular complexity index is 921. The zero-order valence-corrected chi connectivity index (χ0v) is 14.1. The van der Waals surface area contributed by atoms with E-state index in [1.54, 1.807) is 6.08 Å². The summed E-state index contributed by atoms with van der Waals surface area (Å²) >= 11 is 0. The van der Waals surface area contributed by atoms with Crippen LogP contribution in [0.4, 0.5) is 5.88 Å². The van der Waals surface area contributed by atoms with Crippen LogP contribution < -0.4 is 4.90 Å². The highest BCUT2D eigenvalue weighted by Crippen LogP contribution is 2.24. The Morgan fingerprint density at radius 3 is 2.76 bits per heavy atom. The summed E-state index contributed by atoms with van der Waals surface area (Å²) in [7, 11) is 2.13. The van der Waals surface area contributed by atoms with Crippen LogP contribution in [0, 0.1) is 11.3 Å². The molecule has 0 bridgehead atoms. The number of hydrogen-bond donors (Lipinski definition) is 1. The van der Waals surface area contributed by atoms with E-state index in [-0.39, 0.29) is 0 Å². The molecule has 0 atom stereocenters. The van der Waals surface area contributed by atoms with E-state index in [0.717, 1.165) is 43.1 Å². The molecule has 1 aliphatic rings. The molecule has 2 aromatic heterocycles. The molecule has 126 valence electrons. The molecule has 0 spiro atoms. The van der Waals surface area contributed by atoms with E-state index in [0.29, 0.717) is 17.2 Å². The summed E-state index contributed by atoms with van der Waals surface area (Å²) in [5.74, 6) is 2.06. The van der Waals surface area contributed by atoms with Crippen LogP contribution in [0.15, 0.2) is 40.8 Å². The first-order valence-electron chi connectivity index (χ1n) is 8.33. The number of H-pyrrole nitrogens is 1. The molecule has 0 saturated carbocycles. The second-order valence-electron chi connectivity index (χ2n) is 6.24. The maximum Gasteiger partial charge on any atom is 0.196 e. The van der Waals surface area contributed by atoms with E-state index in [1.165, 1.54) is 0 Å². The van der Waals surface area contributed by atoms with Crippen LogP contribution in [-0.4, -0.2) is 48.1 Å². The van der Waals surface area contributed by atoms with Crippen molar-refractivity contribution >= 4 is 28.6 Å². The molecule has 0 unspecified atom stereocenters. The summed E-state index contributed by atoms with van der Waals surface area (Å²) in [5.41, 5.74) is 2.21. The second-order valence-corrected chi connectivity index (χ2v) is 6.24. The average Bonchev–Trinajstić information content (AvgIpc) is 3.27. The fraction of sp³-hybridized carbons (Fsp3) is 0.263. The number of aromatic amines is 1. The molecular weight excluding hydrogens is 314 g/mol. The quantitative estimate of drug-likeness (QED) is 0.746. The molecule has 1 aromatic carbocycles. The van der Waals surface area contributed by atoms with Crippen molar-refractivity contribution in [2.45, 2.75) is 0 Å². The van der Waals surface area contributed by atoms with Gasteiger partial charge in [0.25, 0.3) is 0 Å². The Kier molecular flexibility index (Phi) is 4.00. The van der Waals surface area contributed by atoms with Gasteiger partial charge in [-0.15, -0.1) is 0 Å². The Morgan fingerprint density at radius 2 is 2.00 bits per heavy atom. The van der Waals surface area contributed by atoms with Gasteiger partial charge in [-0.3, -0.25) is 0 Å². The van der Waals surface area contributed by atoms with Crippen molar-refractivity contribution < 1.29 is 4.42 Å². The van der Waals surface area contributed by atoms with Gasteiger partial charge in [0.05, 0.1) is 16.6 Å². The number of allylic oxidation sites excluding steroid dienone is 1. The highest BCUT2D eigenvalue weighted by Gasteiger charge is 2.17. The first-order chi connectivity index (χ1) is 12.2. The molecule has 3 aromatic rings. The number of piperazine rings is 1. The molecule has 3 heterocycles. The number of aromatic nitrogens is 2. The predicted octanol–water partition coefficient (Wildman–Crippen LogP) is 2.97. The lowest BCUT2D eigenvalue weighted by molar-refractivity contribution is 0.306. The van der Waals surface area contributed by atoms with E-state index in [1.807, 2.05) is 36.4 Å². The first kappa shape index (κ1) is 15.5. The number of nitrogens with one attached hydrogen (secondary N) is 1. The third-order valence-corrected chi connectivity index (χ3v) is 4.48. The zero-order valence-electron chi connectivity index (χ0n) is 14.1. The summed E-state index contributed by atoms with van der Waals surface area (Å²) in [6, 6.07) is 13.8. The van der Waals surface area contributed by atoms with Crippen LogP contribution in [0.1, 0.15) is 11.6 Å². The number of anilines is 1. The number of imidazole rings is 1. The minimum absolute atomic E-state index is 0.454. The number of furan rings is 1. The molecule has 6 nitrogen and oxygen atoms in total. The zero-order chi connectivity index (χ0) is 17.2. The number of benzene rings is 1. The molecule has 1 fully saturated rings. The van der Waals surface area contributed by atoms with Crippen LogP contribution in [0.25, 0.3) is 22.7 Å². The Hall–Kier alpha value is -3.04. The highest BCUT2D eigenvalue weighted by atomic mass is 16.4. The summed E-state index contributed by atoms with van der Waals surface area (Å²) in [6.07, 6.45) is 1.73. The van der Waals surface area contributed by atoms with Gasteiger partial charge in [-0.1, -0.05) is 12.1 Å². The maximum absolute atomic E-state index is 9.51. The third-order valence-electron chi connectivity index (χ3n) is 4.48. The number of nitrogens with zero attached hydrogens (tertiary/aromatic N) is 4. The van der Waals surface area contributed by atoms with Crippen molar-refractivity contribution in [2.75, 3.05) is 38.1 Å². The van der Waals surface area contributed by atoms with Gasteiger partial charge in [0.1, 0.15) is 17.7 Å². The van der Waals surface area contributed by atoms with Crippen LogP contribution in [-0.2, 0) is 0 Å². The minimum atomic E-state index is 0.454. The molecule has 6 heteroatoms. The second kappa shape index (κ2) is 6.46. The lowest BCUT2D eigenvalue weighted by atomic mass is 10.2.